The fourth-order valence-corrected chi connectivity index (χ4v) is 4.16. The van der Waals surface area contributed by atoms with Crippen LogP contribution in [0.5, 0.6) is 0 Å². The van der Waals surface area contributed by atoms with Crippen LogP contribution in [0.2, 0.25) is 5.02 Å². The summed E-state index contributed by atoms with van der Waals surface area (Å²) in [5.74, 6) is 0.641. The van der Waals surface area contributed by atoms with E-state index < -0.39 is 0 Å². The molecule has 3 aromatic rings. The van der Waals surface area contributed by atoms with Crippen LogP contribution in [0.1, 0.15) is 34.8 Å². The molecule has 0 N–H and O–H groups in total. The van der Waals surface area contributed by atoms with Crippen LogP contribution in [0.3, 0.4) is 0 Å². The van der Waals surface area contributed by atoms with Crippen molar-refractivity contribution in [2.24, 2.45) is 0 Å². The van der Waals surface area contributed by atoms with Gasteiger partial charge in [-0.05, 0) is 43.2 Å². The van der Waals surface area contributed by atoms with Crippen LogP contribution in [-0.2, 0) is 0 Å². The van der Waals surface area contributed by atoms with E-state index >= 15 is 0 Å². The van der Waals surface area contributed by atoms with Gasteiger partial charge in [0.15, 0.2) is 0 Å². The Labute approximate surface area is 169 Å². The summed E-state index contributed by atoms with van der Waals surface area (Å²) in [4.78, 5) is 22.4. The molecule has 0 radical (unpaired) electrons. The summed E-state index contributed by atoms with van der Waals surface area (Å²) in [6.07, 6.45) is 2.36. The Morgan fingerprint density at radius 3 is 2.50 bits per heavy atom. The Morgan fingerprint density at radius 2 is 1.75 bits per heavy atom. The number of anilines is 1. The summed E-state index contributed by atoms with van der Waals surface area (Å²) in [5, 5.41) is 1.70. The molecule has 0 spiro atoms. The van der Waals surface area contributed by atoms with Crippen LogP contribution < -0.4 is 4.90 Å². The number of para-hydroxylation sites is 1. The molecule has 142 valence electrons. The van der Waals surface area contributed by atoms with Gasteiger partial charge in [-0.1, -0.05) is 35.9 Å². The summed E-state index contributed by atoms with van der Waals surface area (Å²) in [6, 6.07) is 17.9. The summed E-state index contributed by atoms with van der Waals surface area (Å²) >= 11 is 6.13. The fraction of sp³-hybridized carbons (Fsp3) is 0.304. The van der Waals surface area contributed by atoms with Gasteiger partial charge in [0.05, 0.1) is 11.1 Å². The zero-order valence-electron chi connectivity index (χ0n) is 15.6. The first-order valence-corrected chi connectivity index (χ1v) is 10.3. The third-order valence-corrected chi connectivity index (χ3v) is 5.94. The van der Waals surface area contributed by atoms with Crippen LogP contribution in [0, 0.1) is 0 Å². The highest BCUT2D eigenvalue weighted by Gasteiger charge is 2.29. The lowest BCUT2D eigenvalue weighted by Crippen LogP contribution is -2.48. The van der Waals surface area contributed by atoms with Crippen molar-refractivity contribution >= 4 is 34.1 Å². The lowest BCUT2D eigenvalue weighted by Gasteiger charge is -2.36. The van der Waals surface area contributed by atoms with Gasteiger partial charge in [-0.25, -0.2) is 0 Å². The normalized spacial score (nSPS) is 17.2. The maximum Gasteiger partial charge on any atom is 0.254 e. The third-order valence-electron chi connectivity index (χ3n) is 5.70. The number of carbonyl (C=O) groups excluding carboxylic acids is 1. The number of hydrogen-bond donors (Lipinski definition) is 0. The molecule has 5 rings (SSSR count). The van der Waals surface area contributed by atoms with E-state index in [-0.39, 0.29) is 5.91 Å². The van der Waals surface area contributed by atoms with Gasteiger partial charge in [0.2, 0.25) is 0 Å². The van der Waals surface area contributed by atoms with Gasteiger partial charge < -0.3 is 9.80 Å². The smallest absolute Gasteiger partial charge is 0.254 e. The van der Waals surface area contributed by atoms with Crippen molar-refractivity contribution in [2.45, 2.75) is 18.8 Å². The number of carbonyl (C=O) groups is 1. The molecule has 2 fully saturated rings. The second-order valence-electron chi connectivity index (χ2n) is 7.65. The Balaban J connectivity index is 1.39. The minimum atomic E-state index is 0.117. The molecule has 0 bridgehead atoms. The van der Waals surface area contributed by atoms with E-state index in [4.69, 9.17) is 16.6 Å². The van der Waals surface area contributed by atoms with Gasteiger partial charge in [0.25, 0.3) is 5.91 Å². The number of amides is 1. The maximum absolute atomic E-state index is 13.4. The number of fused-ring (bicyclic) bond motifs is 1. The van der Waals surface area contributed by atoms with Crippen molar-refractivity contribution in [1.82, 2.24) is 9.88 Å². The number of hydrogen-bond acceptors (Lipinski definition) is 3. The summed E-state index contributed by atoms with van der Waals surface area (Å²) in [7, 11) is 0. The van der Waals surface area contributed by atoms with Crippen LogP contribution in [0.4, 0.5) is 5.69 Å². The first kappa shape index (κ1) is 17.5. The second kappa shape index (κ2) is 7.10. The van der Waals surface area contributed by atoms with Crippen molar-refractivity contribution in [2.75, 3.05) is 31.1 Å². The number of aromatic nitrogens is 1. The van der Waals surface area contributed by atoms with E-state index in [9.17, 15) is 4.79 Å². The monoisotopic (exact) mass is 391 g/mol. The van der Waals surface area contributed by atoms with Crippen molar-refractivity contribution in [3.05, 3.63) is 70.9 Å². The molecular formula is C23H22ClN3O. The average Bonchev–Trinajstić information content (AvgIpc) is 3.58. The highest BCUT2D eigenvalue weighted by molar-refractivity contribution is 6.30. The topological polar surface area (TPSA) is 36.4 Å². The Hall–Kier alpha value is -2.59. The number of piperazine rings is 1. The average molecular weight is 392 g/mol. The summed E-state index contributed by atoms with van der Waals surface area (Å²) < 4.78 is 0. The quantitative estimate of drug-likeness (QED) is 0.647. The largest absolute Gasteiger partial charge is 0.368 e. The molecule has 0 atom stereocenters. The Morgan fingerprint density at radius 1 is 0.964 bits per heavy atom. The Bertz CT molecular complexity index is 1040. The van der Waals surface area contributed by atoms with E-state index in [0.717, 1.165) is 46.0 Å². The molecule has 1 saturated carbocycles. The van der Waals surface area contributed by atoms with E-state index in [1.165, 1.54) is 12.8 Å². The first-order chi connectivity index (χ1) is 13.7. The number of rotatable bonds is 3. The predicted molar refractivity (Wildman–Crippen MR) is 113 cm³/mol. The highest BCUT2D eigenvalue weighted by atomic mass is 35.5. The van der Waals surface area contributed by atoms with Gasteiger partial charge in [-0.3, -0.25) is 9.78 Å². The number of pyridine rings is 1. The van der Waals surface area contributed by atoms with E-state index in [2.05, 4.69) is 11.0 Å². The first-order valence-electron chi connectivity index (χ1n) is 9.88. The minimum Gasteiger partial charge on any atom is -0.368 e. The standard InChI is InChI=1S/C23H22ClN3O/c24-17-4-3-5-18(14-17)26-10-12-27(13-11-26)23(28)20-15-22(16-8-9-16)25-21-7-2-1-6-19(20)21/h1-7,14-16H,8-13H2. The van der Waals surface area contributed by atoms with E-state index in [0.29, 0.717) is 19.0 Å². The van der Waals surface area contributed by atoms with Crippen LogP contribution >= 0.6 is 11.6 Å². The molecule has 1 aromatic heterocycles. The van der Waals surface area contributed by atoms with Gasteiger partial charge in [0.1, 0.15) is 0 Å². The Kier molecular flexibility index (Phi) is 4.44. The van der Waals surface area contributed by atoms with Crippen LogP contribution in [0.25, 0.3) is 10.9 Å². The zero-order valence-corrected chi connectivity index (χ0v) is 16.4. The SMILES string of the molecule is O=C(c1cc(C2CC2)nc2ccccc12)N1CCN(c2cccc(Cl)c2)CC1. The third kappa shape index (κ3) is 3.33. The lowest BCUT2D eigenvalue weighted by atomic mass is 10.0. The van der Waals surface area contributed by atoms with Crippen molar-refractivity contribution < 1.29 is 4.79 Å². The molecule has 5 heteroatoms. The van der Waals surface area contributed by atoms with Crippen molar-refractivity contribution in [3.63, 3.8) is 0 Å². The van der Waals surface area contributed by atoms with Gasteiger partial charge in [-0.2, -0.15) is 0 Å². The van der Waals surface area contributed by atoms with E-state index in [1.54, 1.807) is 0 Å². The second-order valence-corrected chi connectivity index (χ2v) is 8.08. The van der Waals surface area contributed by atoms with Crippen molar-refractivity contribution in [3.8, 4) is 0 Å². The highest BCUT2D eigenvalue weighted by Crippen LogP contribution is 2.40. The molecule has 4 nitrogen and oxygen atoms in total. The van der Waals surface area contributed by atoms with Crippen LogP contribution in [-0.4, -0.2) is 42.0 Å². The zero-order chi connectivity index (χ0) is 19.1. The summed E-state index contributed by atoms with van der Waals surface area (Å²) in [6.45, 7) is 3.04. The molecule has 0 unspecified atom stereocenters. The minimum absolute atomic E-state index is 0.117. The van der Waals surface area contributed by atoms with Crippen LogP contribution in [0.15, 0.2) is 54.6 Å². The lowest BCUT2D eigenvalue weighted by molar-refractivity contribution is 0.0748. The molecule has 28 heavy (non-hydrogen) atoms. The molecule has 1 aliphatic heterocycles. The number of nitrogens with zero attached hydrogens (tertiary/aromatic N) is 3. The molecule has 2 aliphatic rings. The molecule has 2 aromatic carbocycles. The predicted octanol–water partition coefficient (Wildman–Crippen LogP) is 4.73. The molecule has 1 saturated heterocycles. The van der Waals surface area contributed by atoms with Gasteiger partial charge in [0, 0.05) is 53.9 Å². The molecule has 1 amide bonds. The number of benzene rings is 2. The van der Waals surface area contributed by atoms with Crippen molar-refractivity contribution in [1.29, 1.82) is 0 Å². The van der Waals surface area contributed by atoms with E-state index in [1.807, 2.05) is 53.4 Å². The van der Waals surface area contributed by atoms with Gasteiger partial charge >= 0.3 is 0 Å². The molecule has 2 heterocycles. The molecule has 1 aliphatic carbocycles. The van der Waals surface area contributed by atoms with Gasteiger partial charge in [-0.15, -0.1) is 0 Å². The number of halogens is 1. The summed E-state index contributed by atoms with van der Waals surface area (Å²) in [5.41, 5.74) is 3.90. The fourth-order valence-electron chi connectivity index (χ4n) is 3.97. The molecular weight excluding hydrogens is 370 g/mol. The maximum atomic E-state index is 13.4.